The van der Waals surface area contributed by atoms with Gasteiger partial charge in [0.15, 0.2) is 0 Å². The molecule has 1 aliphatic heterocycles. The highest BCUT2D eigenvalue weighted by Crippen LogP contribution is 2.39. The molecule has 0 fully saturated rings. The van der Waals surface area contributed by atoms with Crippen molar-refractivity contribution in [3.05, 3.63) is 23.8 Å². The molecule has 1 aromatic rings. The maximum atomic E-state index is 10.2. The van der Waals surface area contributed by atoms with Gasteiger partial charge in [0.25, 0.3) is 0 Å². The van der Waals surface area contributed by atoms with E-state index in [9.17, 15) is 9.90 Å². The first-order valence-electron chi connectivity index (χ1n) is 4.34. The van der Waals surface area contributed by atoms with E-state index in [-0.39, 0.29) is 11.8 Å². The number of hydrogen-bond acceptors (Lipinski definition) is 4. The Labute approximate surface area is 80.8 Å². The van der Waals surface area contributed by atoms with Gasteiger partial charge >= 0.3 is 0 Å². The molecule has 0 saturated heterocycles. The van der Waals surface area contributed by atoms with Crippen LogP contribution in [0.25, 0.3) is 0 Å². The summed E-state index contributed by atoms with van der Waals surface area (Å²) >= 11 is 0. The fourth-order valence-corrected chi connectivity index (χ4v) is 1.61. The maximum Gasteiger partial charge on any atom is 0.235 e. The predicted molar refractivity (Wildman–Crippen MR) is 49.1 cm³/mol. The summed E-state index contributed by atoms with van der Waals surface area (Å²) in [5, 5.41) is 9.58. The number of aromatic hydroxyl groups is 1. The van der Waals surface area contributed by atoms with E-state index >= 15 is 0 Å². The van der Waals surface area contributed by atoms with E-state index in [4.69, 9.17) is 4.74 Å². The minimum atomic E-state index is -0.322. The zero-order valence-electron chi connectivity index (χ0n) is 7.43. The fraction of sp³-hybridized carbons (Fsp3) is 0.300. The van der Waals surface area contributed by atoms with E-state index in [1.165, 1.54) is 6.08 Å². The van der Waals surface area contributed by atoms with Gasteiger partial charge in [0, 0.05) is 6.42 Å². The molecule has 0 aliphatic carbocycles. The van der Waals surface area contributed by atoms with Gasteiger partial charge in [-0.05, 0) is 12.1 Å². The SMILES string of the molecule is O=C=NC1CCOc2cccc(O)c21. The first kappa shape index (κ1) is 8.78. The number of hydrogen-bond donors (Lipinski definition) is 1. The molecule has 0 bridgehead atoms. The summed E-state index contributed by atoms with van der Waals surface area (Å²) in [5.74, 6) is 0.714. The van der Waals surface area contributed by atoms with E-state index < -0.39 is 0 Å². The Bertz CT molecular complexity index is 396. The minimum absolute atomic E-state index is 0.117. The molecule has 1 heterocycles. The molecule has 2 rings (SSSR count). The summed E-state index contributed by atoms with van der Waals surface area (Å²) < 4.78 is 5.33. The van der Waals surface area contributed by atoms with Gasteiger partial charge in [0.1, 0.15) is 11.5 Å². The molecule has 1 aromatic carbocycles. The van der Waals surface area contributed by atoms with E-state index in [1.807, 2.05) is 0 Å². The fourth-order valence-electron chi connectivity index (χ4n) is 1.61. The first-order valence-corrected chi connectivity index (χ1v) is 4.34. The molecular weight excluding hydrogens is 182 g/mol. The number of isocyanates is 1. The molecular formula is C10H9NO3. The van der Waals surface area contributed by atoms with Crippen LogP contribution in [-0.2, 0) is 4.79 Å². The van der Waals surface area contributed by atoms with Crippen LogP contribution in [0, 0.1) is 0 Å². The molecule has 4 nitrogen and oxygen atoms in total. The number of phenols is 1. The Balaban J connectivity index is 2.51. The van der Waals surface area contributed by atoms with Gasteiger partial charge in [-0.15, -0.1) is 0 Å². The first-order chi connectivity index (χ1) is 6.83. The molecule has 0 amide bonds. The van der Waals surface area contributed by atoms with Crippen LogP contribution in [-0.4, -0.2) is 17.8 Å². The zero-order chi connectivity index (χ0) is 9.97. The van der Waals surface area contributed by atoms with E-state index in [0.29, 0.717) is 24.3 Å². The standard InChI is InChI=1S/C10H9NO3/c12-6-11-7-4-5-14-9-3-1-2-8(13)10(7)9/h1-3,7,13H,4-5H2. The third-order valence-electron chi connectivity index (χ3n) is 2.23. The average molecular weight is 191 g/mol. The lowest BCUT2D eigenvalue weighted by Crippen LogP contribution is -2.12. The predicted octanol–water partition coefficient (Wildman–Crippen LogP) is 1.55. The Morgan fingerprint density at radius 2 is 2.43 bits per heavy atom. The Morgan fingerprint density at radius 1 is 1.57 bits per heavy atom. The van der Waals surface area contributed by atoms with Crippen molar-refractivity contribution in [3.63, 3.8) is 0 Å². The van der Waals surface area contributed by atoms with Gasteiger partial charge in [-0.25, -0.2) is 4.79 Å². The van der Waals surface area contributed by atoms with Crippen LogP contribution in [0.3, 0.4) is 0 Å². The highest BCUT2D eigenvalue weighted by atomic mass is 16.5. The molecule has 1 aliphatic rings. The van der Waals surface area contributed by atoms with Crippen LogP contribution in [0.2, 0.25) is 0 Å². The average Bonchev–Trinajstić information content (AvgIpc) is 2.19. The Kier molecular flexibility index (Phi) is 2.21. The lowest BCUT2D eigenvalue weighted by atomic mass is 10.0. The van der Waals surface area contributed by atoms with Gasteiger partial charge in [-0.1, -0.05) is 6.07 Å². The van der Waals surface area contributed by atoms with E-state index in [2.05, 4.69) is 4.99 Å². The number of rotatable bonds is 1. The van der Waals surface area contributed by atoms with Crippen molar-refractivity contribution in [1.29, 1.82) is 0 Å². The molecule has 14 heavy (non-hydrogen) atoms. The van der Waals surface area contributed by atoms with Crippen molar-refractivity contribution in [2.45, 2.75) is 12.5 Å². The number of phenolic OH excluding ortho intramolecular Hbond substituents is 1. The molecule has 4 heteroatoms. The largest absolute Gasteiger partial charge is 0.507 e. The number of nitrogens with zero attached hydrogens (tertiary/aromatic N) is 1. The third-order valence-corrected chi connectivity index (χ3v) is 2.23. The number of benzene rings is 1. The molecule has 1 N–H and O–H groups in total. The molecule has 0 saturated carbocycles. The van der Waals surface area contributed by atoms with Gasteiger partial charge in [-0.3, -0.25) is 0 Å². The molecule has 0 spiro atoms. The van der Waals surface area contributed by atoms with Crippen molar-refractivity contribution < 1.29 is 14.6 Å². The van der Waals surface area contributed by atoms with Crippen molar-refractivity contribution in [2.24, 2.45) is 4.99 Å². The van der Waals surface area contributed by atoms with Crippen LogP contribution >= 0.6 is 0 Å². The summed E-state index contributed by atoms with van der Waals surface area (Å²) in [5.41, 5.74) is 0.585. The number of aliphatic imine (C=N–C) groups is 1. The quantitative estimate of drug-likeness (QED) is 0.541. The number of carbonyl (C=O) groups excluding carboxylic acids is 1. The highest BCUT2D eigenvalue weighted by Gasteiger charge is 2.23. The number of ether oxygens (including phenoxy) is 1. The van der Waals surface area contributed by atoms with E-state index in [0.717, 1.165) is 0 Å². The van der Waals surface area contributed by atoms with Gasteiger partial charge in [0.2, 0.25) is 6.08 Å². The monoisotopic (exact) mass is 191 g/mol. The Morgan fingerprint density at radius 3 is 3.21 bits per heavy atom. The maximum absolute atomic E-state index is 10.2. The third kappa shape index (κ3) is 1.36. The van der Waals surface area contributed by atoms with Crippen molar-refractivity contribution in [1.82, 2.24) is 0 Å². The summed E-state index contributed by atoms with van der Waals surface area (Å²) in [6.45, 7) is 0.506. The molecule has 1 atom stereocenters. The second-order valence-electron chi connectivity index (χ2n) is 3.06. The smallest absolute Gasteiger partial charge is 0.235 e. The van der Waals surface area contributed by atoms with Gasteiger partial charge in [-0.2, -0.15) is 4.99 Å². The Hall–Kier alpha value is -1.80. The van der Waals surface area contributed by atoms with Crippen LogP contribution in [0.15, 0.2) is 23.2 Å². The second kappa shape index (κ2) is 3.52. The summed E-state index contributed by atoms with van der Waals surface area (Å²) in [6, 6.07) is 4.68. The lowest BCUT2D eigenvalue weighted by molar-refractivity contribution is 0.264. The lowest BCUT2D eigenvalue weighted by Gasteiger charge is -2.22. The van der Waals surface area contributed by atoms with Crippen LogP contribution in [0.5, 0.6) is 11.5 Å². The van der Waals surface area contributed by atoms with E-state index in [1.54, 1.807) is 18.2 Å². The van der Waals surface area contributed by atoms with Crippen molar-refractivity contribution >= 4 is 6.08 Å². The van der Waals surface area contributed by atoms with Gasteiger partial charge < -0.3 is 9.84 Å². The minimum Gasteiger partial charge on any atom is -0.507 e. The number of fused-ring (bicyclic) bond motifs is 1. The molecule has 1 unspecified atom stereocenters. The summed E-state index contributed by atoms with van der Waals surface area (Å²) in [6.07, 6.45) is 2.11. The normalized spacial score (nSPS) is 19.0. The van der Waals surface area contributed by atoms with Crippen molar-refractivity contribution in [2.75, 3.05) is 6.61 Å². The summed E-state index contributed by atoms with van der Waals surface area (Å²) in [4.78, 5) is 13.8. The van der Waals surface area contributed by atoms with Gasteiger partial charge in [0.05, 0.1) is 18.2 Å². The summed E-state index contributed by atoms with van der Waals surface area (Å²) in [7, 11) is 0. The zero-order valence-corrected chi connectivity index (χ0v) is 7.43. The molecule has 0 radical (unpaired) electrons. The molecule has 72 valence electrons. The highest BCUT2D eigenvalue weighted by molar-refractivity contribution is 5.49. The van der Waals surface area contributed by atoms with Crippen molar-refractivity contribution in [3.8, 4) is 11.5 Å². The van der Waals surface area contributed by atoms with Crippen LogP contribution in [0.1, 0.15) is 18.0 Å². The van der Waals surface area contributed by atoms with Crippen LogP contribution < -0.4 is 4.74 Å². The second-order valence-corrected chi connectivity index (χ2v) is 3.06. The van der Waals surface area contributed by atoms with Crippen LogP contribution in [0.4, 0.5) is 0 Å². The topological polar surface area (TPSA) is 58.9 Å². The molecule has 0 aromatic heterocycles.